The number of anilines is 1. The Labute approximate surface area is 146 Å². The first-order valence-electron chi connectivity index (χ1n) is 8.27. The molecule has 0 spiro atoms. The fourth-order valence-corrected chi connectivity index (χ4v) is 3.44. The molecule has 2 saturated heterocycles. The first-order chi connectivity index (χ1) is 11.5. The van der Waals surface area contributed by atoms with Gasteiger partial charge in [-0.1, -0.05) is 17.7 Å². The van der Waals surface area contributed by atoms with Crippen molar-refractivity contribution in [1.82, 2.24) is 9.80 Å². The number of nitrogens with zero attached hydrogens (tertiary/aromatic N) is 3. The molecule has 0 aliphatic carbocycles. The first-order valence-corrected chi connectivity index (χ1v) is 8.65. The number of rotatable bonds is 5. The van der Waals surface area contributed by atoms with Crippen molar-refractivity contribution in [1.29, 1.82) is 0 Å². The van der Waals surface area contributed by atoms with Crippen molar-refractivity contribution in [3.63, 3.8) is 0 Å². The second-order valence-electron chi connectivity index (χ2n) is 6.32. The summed E-state index contributed by atoms with van der Waals surface area (Å²) in [5, 5.41) is 10.9. The summed E-state index contributed by atoms with van der Waals surface area (Å²) in [4.78, 5) is 28.8. The summed E-state index contributed by atoms with van der Waals surface area (Å²) in [5.74, 6) is -0.352. The molecule has 0 aromatic heterocycles. The molecule has 0 saturated carbocycles. The molecule has 2 fully saturated rings. The standard InChI is InChI=1S/C17H22ClN3O3/c18-13-2-1-3-14(10-13)20-8-6-19(7-9-20)11-15(22)12-21-16(23)4-5-17(21)24/h1-3,10,15,22H,4-9,11-12H2. The van der Waals surface area contributed by atoms with Crippen LogP contribution in [0, 0.1) is 0 Å². The quantitative estimate of drug-likeness (QED) is 0.801. The van der Waals surface area contributed by atoms with Crippen molar-refractivity contribution >= 4 is 29.1 Å². The molecule has 1 N–H and O–H groups in total. The molecule has 2 amide bonds. The van der Waals surface area contributed by atoms with Crippen LogP contribution in [0.4, 0.5) is 5.69 Å². The van der Waals surface area contributed by atoms with Crippen molar-refractivity contribution in [3.05, 3.63) is 29.3 Å². The lowest BCUT2D eigenvalue weighted by Crippen LogP contribution is -2.50. The van der Waals surface area contributed by atoms with E-state index in [0.29, 0.717) is 6.54 Å². The number of hydrogen-bond acceptors (Lipinski definition) is 5. The number of benzene rings is 1. The summed E-state index contributed by atoms with van der Waals surface area (Å²) in [6.07, 6.45) is -0.165. The molecule has 1 atom stereocenters. The van der Waals surface area contributed by atoms with E-state index in [-0.39, 0.29) is 31.2 Å². The molecule has 6 nitrogen and oxygen atoms in total. The van der Waals surface area contributed by atoms with Crippen LogP contribution in [0.1, 0.15) is 12.8 Å². The molecule has 7 heteroatoms. The van der Waals surface area contributed by atoms with Gasteiger partial charge < -0.3 is 10.0 Å². The van der Waals surface area contributed by atoms with Gasteiger partial charge >= 0.3 is 0 Å². The second kappa shape index (κ2) is 7.51. The molecule has 2 heterocycles. The van der Waals surface area contributed by atoms with Crippen molar-refractivity contribution in [2.24, 2.45) is 0 Å². The van der Waals surface area contributed by atoms with Crippen LogP contribution in [-0.2, 0) is 9.59 Å². The molecule has 3 rings (SSSR count). The Bertz CT molecular complexity index is 601. The summed E-state index contributed by atoms with van der Waals surface area (Å²) < 4.78 is 0. The number of carbonyl (C=O) groups is 2. The van der Waals surface area contributed by atoms with Gasteiger partial charge in [0.05, 0.1) is 12.6 Å². The first kappa shape index (κ1) is 17.2. The highest BCUT2D eigenvalue weighted by Gasteiger charge is 2.31. The minimum atomic E-state index is -0.700. The van der Waals surface area contributed by atoms with Gasteiger partial charge in [0.25, 0.3) is 0 Å². The van der Waals surface area contributed by atoms with Crippen LogP contribution in [0.15, 0.2) is 24.3 Å². The number of aliphatic hydroxyl groups excluding tert-OH is 1. The Morgan fingerprint density at radius 2 is 1.71 bits per heavy atom. The van der Waals surface area contributed by atoms with Crippen LogP contribution in [0.3, 0.4) is 0 Å². The molecular formula is C17H22ClN3O3. The molecule has 24 heavy (non-hydrogen) atoms. The number of β-amino-alcohol motifs (C(OH)–C–C–N with tert-alkyl or cyclic N) is 1. The third kappa shape index (κ3) is 4.06. The highest BCUT2D eigenvalue weighted by Crippen LogP contribution is 2.21. The lowest BCUT2D eigenvalue weighted by Gasteiger charge is -2.37. The summed E-state index contributed by atoms with van der Waals surface area (Å²) in [7, 11) is 0. The van der Waals surface area contributed by atoms with E-state index in [1.807, 2.05) is 24.3 Å². The van der Waals surface area contributed by atoms with Crippen molar-refractivity contribution < 1.29 is 14.7 Å². The molecule has 1 unspecified atom stereocenters. The SMILES string of the molecule is O=C1CCC(=O)N1CC(O)CN1CCN(c2cccc(Cl)c2)CC1. The average molecular weight is 352 g/mol. The predicted octanol–water partition coefficient (Wildman–Crippen LogP) is 0.972. The van der Waals surface area contributed by atoms with Gasteiger partial charge in [-0.15, -0.1) is 0 Å². The van der Waals surface area contributed by atoms with Gasteiger partial charge in [-0.05, 0) is 18.2 Å². The number of aliphatic hydroxyl groups is 1. The van der Waals surface area contributed by atoms with Crippen LogP contribution in [0.25, 0.3) is 0 Å². The zero-order valence-corrected chi connectivity index (χ0v) is 14.3. The summed E-state index contributed by atoms with van der Waals surface area (Å²) in [6.45, 7) is 3.94. The van der Waals surface area contributed by atoms with Crippen LogP contribution < -0.4 is 4.90 Å². The maximum absolute atomic E-state index is 11.6. The van der Waals surface area contributed by atoms with Crippen LogP contribution in [-0.4, -0.2) is 72.1 Å². The molecule has 0 bridgehead atoms. The molecule has 2 aliphatic heterocycles. The highest BCUT2D eigenvalue weighted by molar-refractivity contribution is 6.30. The fraction of sp³-hybridized carbons (Fsp3) is 0.529. The molecular weight excluding hydrogens is 330 g/mol. The van der Waals surface area contributed by atoms with Crippen LogP contribution in [0.2, 0.25) is 5.02 Å². The van der Waals surface area contributed by atoms with Crippen molar-refractivity contribution in [2.75, 3.05) is 44.2 Å². The van der Waals surface area contributed by atoms with Gasteiger partial charge in [-0.3, -0.25) is 19.4 Å². The number of halogens is 1. The number of amides is 2. The lowest BCUT2D eigenvalue weighted by molar-refractivity contribution is -0.140. The van der Waals surface area contributed by atoms with Crippen molar-refractivity contribution in [3.8, 4) is 0 Å². The minimum Gasteiger partial charge on any atom is -0.390 e. The van der Waals surface area contributed by atoms with Crippen LogP contribution in [0.5, 0.6) is 0 Å². The Morgan fingerprint density at radius 3 is 2.33 bits per heavy atom. The van der Waals surface area contributed by atoms with Gasteiger partial charge in [0.15, 0.2) is 0 Å². The van der Waals surface area contributed by atoms with Gasteiger partial charge in [0.2, 0.25) is 11.8 Å². The largest absolute Gasteiger partial charge is 0.390 e. The van der Waals surface area contributed by atoms with E-state index in [1.54, 1.807) is 0 Å². The van der Waals surface area contributed by atoms with Gasteiger partial charge in [-0.2, -0.15) is 0 Å². The Hall–Kier alpha value is -1.63. The zero-order chi connectivity index (χ0) is 17.1. The van der Waals surface area contributed by atoms with Gasteiger partial charge in [0, 0.05) is 56.3 Å². The van der Waals surface area contributed by atoms with E-state index < -0.39 is 6.10 Å². The zero-order valence-electron chi connectivity index (χ0n) is 13.5. The number of hydrogen-bond donors (Lipinski definition) is 1. The van der Waals surface area contributed by atoms with E-state index in [9.17, 15) is 14.7 Å². The van der Waals surface area contributed by atoms with E-state index in [2.05, 4.69) is 9.80 Å². The maximum Gasteiger partial charge on any atom is 0.229 e. The normalized spacial score (nSPS) is 20.8. The van der Waals surface area contributed by atoms with E-state index in [4.69, 9.17) is 11.6 Å². The molecule has 130 valence electrons. The summed E-state index contributed by atoms with van der Waals surface area (Å²) in [6, 6.07) is 7.80. The molecule has 0 radical (unpaired) electrons. The monoisotopic (exact) mass is 351 g/mol. The summed E-state index contributed by atoms with van der Waals surface area (Å²) >= 11 is 6.04. The number of piperazine rings is 1. The highest BCUT2D eigenvalue weighted by atomic mass is 35.5. The third-order valence-corrected chi connectivity index (χ3v) is 4.80. The van der Waals surface area contributed by atoms with Crippen LogP contribution >= 0.6 is 11.6 Å². The topological polar surface area (TPSA) is 64.1 Å². The van der Waals surface area contributed by atoms with E-state index >= 15 is 0 Å². The number of likely N-dealkylation sites (tertiary alicyclic amines) is 1. The average Bonchev–Trinajstić information content (AvgIpc) is 2.87. The van der Waals surface area contributed by atoms with E-state index in [1.165, 1.54) is 4.90 Å². The van der Waals surface area contributed by atoms with Gasteiger partial charge in [0.1, 0.15) is 0 Å². The molecule has 1 aromatic carbocycles. The molecule has 2 aliphatic rings. The Morgan fingerprint density at radius 1 is 1.04 bits per heavy atom. The Kier molecular flexibility index (Phi) is 5.38. The van der Waals surface area contributed by atoms with Gasteiger partial charge in [-0.25, -0.2) is 0 Å². The third-order valence-electron chi connectivity index (χ3n) is 4.56. The second-order valence-corrected chi connectivity index (χ2v) is 6.76. The maximum atomic E-state index is 11.6. The number of carbonyl (C=O) groups excluding carboxylic acids is 2. The summed E-state index contributed by atoms with van der Waals surface area (Å²) in [5.41, 5.74) is 1.11. The Balaban J connectivity index is 1.46. The predicted molar refractivity (Wildman–Crippen MR) is 92.1 cm³/mol. The fourth-order valence-electron chi connectivity index (χ4n) is 3.25. The lowest BCUT2D eigenvalue weighted by atomic mass is 10.2. The molecule has 1 aromatic rings. The van der Waals surface area contributed by atoms with E-state index in [0.717, 1.165) is 36.9 Å². The number of imide groups is 1. The minimum absolute atomic E-state index is 0.103. The van der Waals surface area contributed by atoms with Crippen molar-refractivity contribution in [2.45, 2.75) is 18.9 Å². The smallest absolute Gasteiger partial charge is 0.229 e.